The first-order valence-corrected chi connectivity index (χ1v) is 10.9. The molecule has 0 aliphatic heterocycles. The Balaban J connectivity index is 1.32. The fraction of sp³-hybridized carbons (Fsp3) is 0.136. The smallest absolute Gasteiger partial charge is 0.230 e. The number of hydrogen-bond donors (Lipinski definition) is 1. The highest BCUT2D eigenvalue weighted by atomic mass is 32.2. The van der Waals surface area contributed by atoms with Crippen LogP contribution in [0.3, 0.4) is 0 Å². The fourth-order valence-corrected chi connectivity index (χ4v) is 4.46. The zero-order valence-corrected chi connectivity index (χ0v) is 17.6. The van der Waals surface area contributed by atoms with E-state index in [0.29, 0.717) is 22.0 Å². The number of carbonyl (C=O) groups excluding carboxylic acids is 2. The first-order chi connectivity index (χ1) is 14.5. The maximum atomic E-state index is 14.0. The monoisotopic (exact) mass is 440 g/mol. The van der Waals surface area contributed by atoms with Gasteiger partial charge in [0.25, 0.3) is 0 Å². The molecule has 8 heteroatoms. The Morgan fingerprint density at radius 1 is 1.17 bits per heavy atom. The molecule has 2 heterocycles. The molecule has 4 aromatic rings. The first kappa shape index (κ1) is 20.3. The first-order valence-electron chi connectivity index (χ1n) is 9.14. The number of Topliss-reactive ketones (excluding diaryl/α,β-unsaturated/α-hetero) is 1. The van der Waals surface area contributed by atoms with E-state index in [1.54, 1.807) is 23.5 Å². The van der Waals surface area contributed by atoms with Gasteiger partial charge in [0.1, 0.15) is 11.6 Å². The molecule has 0 aliphatic carbocycles. The molecule has 5 nitrogen and oxygen atoms in total. The summed E-state index contributed by atoms with van der Waals surface area (Å²) in [4.78, 5) is 28.3. The number of fused-ring (bicyclic) bond motifs is 1. The standard InChI is InChI=1S/C22H17FN2O3S2/c1-13(26)14-6-9-19(16(23)10-14)29-12-21(27)24-11-15-7-8-18(28-15)22-25-17-4-2-3-5-20(17)30-22/h2-10H,11-12H2,1H3,(H,24,27). The topological polar surface area (TPSA) is 72.2 Å². The minimum absolute atomic E-state index is 0.0573. The number of para-hydroxylation sites is 1. The van der Waals surface area contributed by atoms with Gasteiger partial charge in [-0.3, -0.25) is 9.59 Å². The molecule has 0 unspecified atom stereocenters. The van der Waals surface area contributed by atoms with Crippen molar-refractivity contribution in [2.24, 2.45) is 0 Å². The van der Waals surface area contributed by atoms with Crippen LogP contribution in [0.25, 0.3) is 21.0 Å². The average molecular weight is 441 g/mol. The van der Waals surface area contributed by atoms with Crippen LogP contribution in [-0.4, -0.2) is 22.4 Å². The van der Waals surface area contributed by atoms with Crippen LogP contribution in [0, 0.1) is 5.82 Å². The second-order valence-corrected chi connectivity index (χ2v) is 8.57. The van der Waals surface area contributed by atoms with Crippen molar-refractivity contribution in [3.8, 4) is 10.8 Å². The number of hydrogen-bond acceptors (Lipinski definition) is 6. The van der Waals surface area contributed by atoms with Gasteiger partial charge in [-0.2, -0.15) is 0 Å². The Bertz CT molecular complexity index is 1200. The van der Waals surface area contributed by atoms with E-state index in [1.165, 1.54) is 19.1 Å². The van der Waals surface area contributed by atoms with Crippen LogP contribution in [0.1, 0.15) is 23.0 Å². The molecule has 4 rings (SSSR count). The maximum absolute atomic E-state index is 14.0. The molecular formula is C22H17FN2O3S2. The van der Waals surface area contributed by atoms with E-state index in [1.807, 2.05) is 30.3 Å². The average Bonchev–Trinajstić information content (AvgIpc) is 3.37. The second kappa shape index (κ2) is 8.81. The number of furan rings is 1. The fourth-order valence-electron chi connectivity index (χ4n) is 2.78. The van der Waals surface area contributed by atoms with Crippen molar-refractivity contribution in [3.63, 3.8) is 0 Å². The molecule has 0 saturated heterocycles. The van der Waals surface area contributed by atoms with E-state index >= 15 is 0 Å². The largest absolute Gasteiger partial charge is 0.457 e. The third-order valence-corrected chi connectivity index (χ3v) is 6.42. The summed E-state index contributed by atoms with van der Waals surface area (Å²) in [5.41, 5.74) is 1.23. The zero-order chi connectivity index (χ0) is 21.1. The van der Waals surface area contributed by atoms with Crippen molar-refractivity contribution in [1.82, 2.24) is 10.3 Å². The third kappa shape index (κ3) is 4.60. The van der Waals surface area contributed by atoms with Crippen molar-refractivity contribution in [2.45, 2.75) is 18.4 Å². The van der Waals surface area contributed by atoms with E-state index in [4.69, 9.17) is 4.42 Å². The summed E-state index contributed by atoms with van der Waals surface area (Å²) in [5, 5.41) is 3.55. The summed E-state index contributed by atoms with van der Waals surface area (Å²) in [7, 11) is 0. The number of nitrogens with zero attached hydrogens (tertiary/aromatic N) is 1. The number of thiazole rings is 1. The Hall–Kier alpha value is -2.97. The van der Waals surface area contributed by atoms with Crippen LogP contribution in [0.5, 0.6) is 0 Å². The number of ketones is 1. The SMILES string of the molecule is CC(=O)c1ccc(SCC(=O)NCc2ccc(-c3nc4ccccc4s3)o2)c(F)c1. The van der Waals surface area contributed by atoms with Crippen LogP contribution in [0.15, 0.2) is 63.9 Å². The quantitative estimate of drug-likeness (QED) is 0.312. The third-order valence-electron chi connectivity index (χ3n) is 4.32. The minimum Gasteiger partial charge on any atom is -0.457 e. The number of halogens is 1. The molecule has 2 aromatic heterocycles. The summed E-state index contributed by atoms with van der Waals surface area (Å²) in [6, 6.07) is 15.8. The van der Waals surface area contributed by atoms with E-state index in [0.717, 1.165) is 27.0 Å². The van der Waals surface area contributed by atoms with Crippen molar-refractivity contribution >= 4 is 45.0 Å². The van der Waals surface area contributed by atoms with E-state index < -0.39 is 5.82 Å². The molecule has 0 atom stereocenters. The number of aromatic nitrogens is 1. The van der Waals surface area contributed by atoms with Crippen molar-refractivity contribution in [1.29, 1.82) is 0 Å². The number of carbonyl (C=O) groups is 2. The summed E-state index contributed by atoms with van der Waals surface area (Å²) < 4.78 is 20.9. The number of amides is 1. The normalized spacial score (nSPS) is 11.0. The number of nitrogens with one attached hydrogen (secondary N) is 1. The Morgan fingerprint density at radius 2 is 2.00 bits per heavy atom. The molecule has 30 heavy (non-hydrogen) atoms. The Labute approximate surface area is 180 Å². The van der Waals surface area contributed by atoms with Gasteiger partial charge in [-0.25, -0.2) is 9.37 Å². The van der Waals surface area contributed by atoms with Crippen molar-refractivity contribution in [3.05, 3.63) is 71.7 Å². The summed E-state index contributed by atoms with van der Waals surface area (Å²) in [6.07, 6.45) is 0. The lowest BCUT2D eigenvalue weighted by Crippen LogP contribution is -2.24. The summed E-state index contributed by atoms with van der Waals surface area (Å²) in [5.74, 6) is 0.371. The van der Waals surface area contributed by atoms with Gasteiger partial charge >= 0.3 is 0 Å². The van der Waals surface area contributed by atoms with Gasteiger partial charge in [-0.15, -0.1) is 23.1 Å². The molecule has 152 valence electrons. The molecule has 2 aromatic carbocycles. The van der Waals surface area contributed by atoms with Gasteiger partial charge in [0, 0.05) is 10.5 Å². The molecule has 0 saturated carbocycles. The molecule has 1 amide bonds. The van der Waals surface area contributed by atoms with Crippen molar-refractivity contribution in [2.75, 3.05) is 5.75 Å². The highest BCUT2D eigenvalue weighted by Crippen LogP contribution is 2.31. The number of thioether (sulfide) groups is 1. The van der Waals surface area contributed by atoms with Crippen LogP contribution in [0.4, 0.5) is 4.39 Å². The predicted molar refractivity (Wildman–Crippen MR) is 116 cm³/mol. The molecule has 0 bridgehead atoms. The zero-order valence-electron chi connectivity index (χ0n) is 16.0. The lowest BCUT2D eigenvalue weighted by Gasteiger charge is -2.05. The van der Waals surface area contributed by atoms with Gasteiger partial charge in [0.2, 0.25) is 5.91 Å². The highest BCUT2D eigenvalue weighted by Gasteiger charge is 2.12. The summed E-state index contributed by atoms with van der Waals surface area (Å²) in [6.45, 7) is 1.61. The van der Waals surface area contributed by atoms with Gasteiger partial charge in [-0.1, -0.05) is 18.2 Å². The molecule has 0 aliphatic rings. The van der Waals surface area contributed by atoms with Gasteiger partial charge in [0.15, 0.2) is 16.6 Å². The molecule has 0 fully saturated rings. The Kier molecular flexibility index (Phi) is 5.96. The number of rotatable bonds is 7. The van der Waals surface area contributed by atoms with Crippen LogP contribution >= 0.6 is 23.1 Å². The second-order valence-electron chi connectivity index (χ2n) is 6.52. The van der Waals surface area contributed by atoms with E-state index in [-0.39, 0.29) is 24.0 Å². The van der Waals surface area contributed by atoms with Gasteiger partial charge in [0.05, 0.1) is 22.5 Å². The van der Waals surface area contributed by atoms with Crippen LogP contribution < -0.4 is 5.32 Å². The minimum atomic E-state index is -0.507. The molecular weight excluding hydrogens is 423 g/mol. The molecule has 0 spiro atoms. The highest BCUT2D eigenvalue weighted by molar-refractivity contribution is 8.00. The summed E-state index contributed by atoms with van der Waals surface area (Å²) >= 11 is 2.62. The lowest BCUT2D eigenvalue weighted by atomic mass is 10.1. The van der Waals surface area contributed by atoms with Crippen molar-refractivity contribution < 1.29 is 18.4 Å². The van der Waals surface area contributed by atoms with Crippen LogP contribution in [-0.2, 0) is 11.3 Å². The van der Waals surface area contributed by atoms with E-state index in [9.17, 15) is 14.0 Å². The Morgan fingerprint density at radius 3 is 2.77 bits per heavy atom. The predicted octanol–water partition coefficient (Wildman–Crippen LogP) is 5.31. The van der Waals surface area contributed by atoms with Gasteiger partial charge in [-0.05, 0) is 43.3 Å². The maximum Gasteiger partial charge on any atom is 0.230 e. The molecule has 0 radical (unpaired) electrons. The van der Waals surface area contributed by atoms with Gasteiger partial charge < -0.3 is 9.73 Å². The van der Waals surface area contributed by atoms with E-state index in [2.05, 4.69) is 10.3 Å². The number of benzene rings is 2. The van der Waals surface area contributed by atoms with Crippen LogP contribution in [0.2, 0.25) is 0 Å². The lowest BCUT2D eigenvalue weighted by molar-refractivity contribution is -0.118. The molecule has 1 N–H and O–H groups in total.